The van der Waals surface area contributed by atoms with Crippen LogP contribution in [0.3, 0.4) is 0 Å². The normalized spacial score (nSPS) is 49.3. The van der Waals surface area contributed by atoms with Gasteiger partial charge in [0.15, 0.2) is 31.1 Å². The third-order valence-electron chi connectivity index (χ3n) is 21.9. The predicted octanol–water partition coefficient (Wildman–Crippen LogP) is -0.517. The minimum Gasteiger partial charge on any atom is -0.479 e. The van der Waals surface area contributed by atoms with Crippen molar-refractivity contribution in [3.8, 4) is 0 Å². The summed E-state index contributed by atoms with van der Waals surface area (Å²) in [6.45, 7) is 14.8. The van der Waals surface area contributed by atoms with Crippen LogP contribution in [0.5, 0.6) is 0 Å². The van der Waals surface area contributed by atoms with Gasteiger partial charge in [0.1, 0.15) is 54.9 Å². The van der Waals surface area contributed by atoms with E-state index in [1.54, 1.807) is 39.8 Å². The molecule has 0 radical (unpaired) electrons. The summed E-state index contributed by atoms with van der Waals surface area (Å²) in [5.41, 5.74) is -5.16. The molecule has 0 aromatic heterocycles. The van der Waals surface area contributed by atoms with E-state index in [1.165, 1.54) is 0 Å². The lowest BCUT2D eigenvalue weighted by molar-refractivity contribution is -0.374. The first-order valence-corrected chi connectivity index (χ1v) is 28.8. The van der Waals surface area contributed by atoms with Crippen molar-refractivity contribution >= 4 is 17.9 Å². The lowest BCUT2D eigenvalue weighted by Crippen LogP contribution is -2.76. The molecular formula is C58H90O24. The molecule has 0 aromatic rings. The zero-order chi connectivity index (χ0) is 60.7. The lowest BCUT2D eigenvalue weighted by atomic mass is 9.32. The molecule has 7 fully saturated rings. The number of hydrogen-bond acceptors (Lipinski definition) is 23. The Hall–Kier alpha value is -3.09. The average molecular weight is 1170 g/mol. The van der Waals surface area contributed by atoms with Gasteiger partial charge < -0.3 is 104 Å². The number of allylic oxidation sites excluding steroid dienone is 3. The molecule has 3 heterocycles. The molecule has 8 unspecified atom stereocenters. The maximum absolute atomic E-state index is 13.9. The van der Waals surface area contributed by atoms with Gasteiger partial charge in [-0.1, -0.05) is 65.3 Å². The van der Waals surface area contributed by atoms with Crippen LogP contribution in [-0.4, -0.2) is 228 Å². The molecule has 0 bridgehead atoms. The Bertz CT molecular complexity index is 2430. The van der Waals surface area contributed by atoms with Crippen LogP contribution < -0.4 is 0 Å². The maximum atomic E-state index is 13.9. The van der Waals surface area contributed by atoms with Gasteiger partial charge >= 0.3 is 17.9 Å². The van der Waals surface area contributed by atoms with Gasteiger partial charge in [0.05, 0.1) is 62.9 Å². The lowest BCUT2D eigenvalue weighted by Gasteiger charge is -2.73. The van der Waals surface area contributed by atoms with E-state index in [0.29, 0.717) is 31.3 Å². The third-order valence-corrected chi connectivity index (χ3v) is 21.9. The summed E-state index contributed by atoms with van der Waals surface area (Å²) in [7, 11) is 0. The van der Waals surface area contributed by atoms with E-state index in [-0.39, 0.29) is 30.3 Å². The molecule has 3 aliphatic heterocycles. The number of carboxylic acids is 1. The van der Waals surface area contributed by atoms with E-state index in [9.17, 15) is 80.8 Å². The summed E-state index contributed by atoms with van der Waals surface area (Å²) < 4.78 is 48.8. The van der Waals surface area contributed by atoms with Gasteiger partial charge in [-0.15, -0.1) is 0 Å². The molecule has 24 heteroatoms. The molecule has 8 aliphatic rings. The molecule has 0 spiro atoms. The Balaban J connectivity index is 1.14. The Morgan fingerprint density at radius 1 is 0.659 bits per heavy atom. The Morgan fingerprint density at radius 2 is 1.23 bits per heavy atom. The first-order chi connectivity index (χ1) is 38.4. The smallest absolute Gasteiger partial charge is 0.335 e. The van der Waals surface area contributed by atoms with Gasteiger partial charge in [0.25, 0.3) is 0 Å². The predicted molar refractivity (Wildman–Crippen MR) is 283 cm³/mol. The van der Waals surface area contributed by atoms with Crippen LogP contribution in [0.2, 0.25) is 0 Å². The second-order valence-corrected chi connectivity index (χ2v) is 26.2. The number of aliphatic carboxylic acids is 1. The van der Waals surface area contributed by atoms with Gasteiger partial charge in [-0.3, -0.25) is 0 Å². The Morgan fingerprint density at radius 3 is 1.79 bits per heavy atom. The standard InChI is InChI=1S/C58H90O24/c1-11-25(3)48(73)81-45-46(82-49(74)26(4)12-2)58(24-62)29(19-53(45,5)6)28-13-14-33-54(7)17-16-34(55(8,23-61)32(54)15-18-56(33,9)57(28,10)43(69)44(58)70)78-52-41(79-51-40(68)38(66)36(64)30(20-59)77-51)27(35(63)42(80-52)47(71)72)22-75-50-39(67)37(65)31(21-60)76-50/h11-13,27,29-46,50-52,59-70H,14-24H2,1-10H3,(H,71,72)/b25-11-,26-12-/t27-,29?,30?,31+,32?,33?,34+,35+,36-,37?,38-,39+,40?,41?,42?,43+,44-,45+,46+,50-,51+,52-,54+,55-,56-,57+,58+/m1/s1. The molecule has 27 atom stereocenters. The number of carbonyl (C=O) groups excluding carboxylic acids is 2. The van der Waals surface area contributed by atoms with Gasteiger partial charge in [-0.2, -0.15) is 0 Å². The number of esters is 2. The zero-order valence-corrected chi connectivity index (χ0v) is 48.5. The van der Waals surface area contributed by atoms with Crippen molar-refractivity contribution in [3.05, 3.63) is 34.9 Å². The van der Waals surface area contributed by atoms with E-state index in [0.717, 1.165) is 5.57 Å². The fourth-order valence-corrected chi connectivity index (χ4v) is 16.5. The Labute approximate surface area is 477 Å². The topological polar surface area (TPSA) is 388 Å². The van der Waals surface area contributed by atoms with Crippen LogP contribution in [-0.2, 0) is 52.3 Å². The van der Waals surface area contributed by atoms with Crippen LogP contribution in [0.25, 0.3) is 0 Å². The number of carbonyl (C=O) groups is 3. The highest BCUT2D eigenvalue weighted by Gasteiger charge is 2.77. The molecule has 4 saturated carbocycles. The minimum atomic E-state index is -2.04. The highest BCUT2D eigenvalue weighted by Crippen LogP contribution is 2.76. The van der Waals surface area contributed by atoms with Crippen molar-refractivity contribution < 1.29 is 119 Å². The summed E-state index contributed by atoms with van der Waals surface area (Å²) in [6, 6.07) is 0. The summed E-state index contributed by atoms with van der Waals surface area (Å²) in [6.07, 6.45) is -22.2. The maximum Gasteiger partial charge on any atom is 0.335 e. The zero-order valence-electron chi connectivity index (χ0n) is 48.5. The van der Waals surface area contributed by atoms with Crippen molar-refractivity contribution in [1.82, 2.24) is 0 Å². The van der Waals surface area contributed by atoms with Crippen molar-refractivity contribution in [1.29, 1.82) is 0 Å². The van der Waals surface area contributed by atoms with Gasteiger partial charge in [0.2, 0.25) is 0 Å². The number of carboxylic acid groups (broad SMARTS) is 1. The van der Waals surface area contributed by atoms with Crippen LogP contribution in [0.15, 0.2) is 34.9 Å². The van der Waals surface area contributed by atoms with Crippen molar-refractivity contribution in [2.24, 2.45) is 56.2 Å². The van der Waals surface area contributed by atoms with E-state index < -0.39 is 206 Å². The minimum absolute atomic E-state index is 0.196. The summed E-state index contributed by atoms with van der Waals surface area (Å²) in [5.74, 6) is -5.90. The molecule has 13 N–H and O–H groups in total. The second kappa shape index (κ2) is 23.9. The highest BCUT2D eigenvalue weighted by molar-refractivity contribution is 5.89. The molecule has 466 valence electrons. The van der Waals surface area contributed by atoms with Gasteiger partial charge in [-0.05, 0) is 94.8 Å². The highest BCUT2D eigenvalue weighted by atomic mass is 16.8. The fraction of sp³-hybridized carbons (Fsp3) is 0.845. The number of aliphatic hydroxyl groups is 12. The summed E-state index contributed by atoms with van der Waals surface area (Å²) >= 11 is 0. The van der Waals surface area contributed by atoms with Crippen molar-refractivity contribution in [3.63, 3.8) is 0 Å². The van der Waals surface area contributed by atoms with E-state index in [4.69, 9.17) is 37.9 Å². The number of hydrogen-bond donors (Lipinski definition) is 13. The summed E-state index contributed by atoms with van der Waals surface area (Å²) in [4.78, 5) is 40.4. The van der Waals surface area contributed by atoms with Crippen LogP contribution in [0.1, 0.15) is 108 Å². The summed E-state index contributed by atoms with van der Waals surface area (Å²) in [5, 5.41) is 146. The van der Waals surface area contributed by atoms with Gasteiger partial charge in [-0.25, -0.2) is 14.4 Å². The molecule has 0 aromatic carbocycles. The van der Waals surface area contributed by atoms with Crippen molar-refractivity contribution in [2.75, 3.05) is 33.0 Å². The number of ether oxygens (including phenoxy) is 8. The molecule has 82 heavy (non-hydrogen) atoms. The Kier molecular flexibility index (Phi) is 18.9. The molecule has 8 rings (SSSR count). The third kappa shape index (κ3) is 10.2. The number of rotatable bonds is 16. The second-order valence-electron chi connectivity index (χ2n) is 26.2. The SMILES string of the molecule is C/C=C(/C)C(=O)O[C@H]1[C@H](OC(=O)/C(C)=C\C)[C@@]2(CO)C(CC1(C)C)C1=CCC3[C@@]4(C)CC[C@H](O[C@@H]5OC(C(=O)O)[C@@H](O)[C@@H](CO[C@@H]6O[C@@H](CO)C(O)[C@@H]6O)C5O[C@@H]5OC(CO)[C@@H](O)[C@@H](O)C5O)[C@](C)(CO)C4CC[C@@]3(C)[C@]1(C)[C@@H](O)[C@H]2O. The number of fused-ring (bicyclic) bond motifs is 7. The average Bonchev–Trinajstić information content (AvgIpc) is 3.62. The molecule has 5 aliphatic carbocycles. The monoisotopic (exact) mass is 1170 g/mol. The fourth-order valence-electron chi connectivity index (χ4n) is 16.5. The molecule has 3 saturated heterocycles. The van der Waals surface area contributed by atoms with Crippen molar-refractivity contribution in [2.45, 2.75) is 218 Å². The first-order valence-electron chi connectivity index (χ1n) is 28.8. The van der Waals surface area contributed by atoms with E-state index in [2.05, 4.69) is 19.9 Å². The van der Waals surface area contributed by atoms with E-state index >= 15 is 0 Å². The quantitative estimate of drug-likeness (QED) is 0.0400. The largest absolute Gasteiger partial charge is 0.479 e. The van der Waals surface area contributed by atoms with E-state index in [1.807, 2.05) is 27.7 Å². The van der Waals surface area contributed by atoms with Crippen LogP contribution in [0, 0.1) is 56.2 Å². The molecular weight excluding hydrogens is 1080 g/mol. The number of aliphatic hydroxyl groups excluding tert-OH is 12. The van der Waals surface area contributed by atoms with Gasteiger partial charge in [0, 0.05) is 33.3 Å². The first kappa shape index (κ1) is 64.9. The molecule has 24 nitrogen and oxygen atoms in total. The molecule has 0 amide bonds. The van der Waals surface area contributed by atoms with Crippen LogP contribution in [0.4, 0.5) is 0 Å². The van der Waals surface area contributed by atoms with Crippen LogP contribution >= 0.6 is 0 Å².